The SMILES string of the molecule is CNC1CC2CCC(C1)C21OCCO1. The van der Waals surface area contributed by atoms with Crippen LogP contribution in [0.4, 0.5) is 0 Å². The van der Waals surface area contributed by atoms with Gasteiger partial charge in [0.25, 0.3) is 0 Å². The van der Waals surface area contributed by atoms with Gasteiger partial charge in [-0.25, -0.2) is 0 Å². The van der Waals surface area contributed by atoms with Crippen LogP contribution in [0.25, 0.3) is 0 Å². The Kier molecular flexibility index (Phi) is 2.08. The molecule has 0 radical (unpaired) electrons. The largest absolute Gasteiger partial charge is 0.347 e. The van der Waals surface area contributed by atoms with Crippen LogP contribution < -0.4 is 5.32 Å². The second-order valence-electron chi connectivity index (χ2n) is 4.85. The van der Waals surface area contributed by atoms with Crippen LogP contribution in [-0.2, 0) is 9.47 Å². The Morgan fingerprint density at radius 1 is 1.07 bits per heavy atom. The molecule has 2 unspecified atom stereocenters. The summed E-state index contributed by atoms with van der Waals surface area (Å²) in [6, 6.07) is 0.686. The molecule has 2 aliphatic carbocycles. The van der Waals surface area contributed by atoms with Gasteiger partial charge in [0.1, 0.15) is 0 Å². The van der Waals surface area contributed by atoms with Crippen molar-refractivity contribution in [3.63, 3.8) is 0 Å². The molecule has 2 atom stereocenters. The monoisotopic (exact) mass is 197 g/mol. The fourth-order valence-electron chi connectivity index (χ4n) is 3.64. The van der Waals surface area contributed by atoms with E-state index in [0.29, 0.717) is 17.9 Å². The third-order valence-corrected chi connectivity index (χ3v) is 4.29. The lowest BCUT2D eigenvalue weighted by atomic mass is 9.80. The van der Waals surface area contributed by atoms with E-state index >= 15 is 0 Å². The summed E-state index contributed by atoms with van der Waals surface area (Å²) >= 11 is 0. The predicted molar refractivity (Wildman–Crippen MR) is 52.9 cm³/mol. The summed E-state index contributed by atoms with van der Waals surface area (Å²) in [5, 5.41) is 3.40. The zero-order chi connectivity index (χ0) is 9.60. The first kappa shape index (κ1) is 9.13. The summed E-state index contributed by atoms with van der Waals surface area (Å²) in [5.41, 5.74) is 0. The first-order valence-electron chi connectivity index (χ1n) is 5.80. The molecule has 1 aliphatic heterocycles. The lowest BCUT2D eigenvalue weighted by Gasteiger charge is -2.42. The van der Waals surface area contributed by atoms with Crippen molar-refractivity contribution in [2.45, 2.75) is 37.5 Å². The van der Waals surface area contributed by atoms with Gasteiger partial charge in [-0.2, -0.15) is 0 Å². The fourth-order valence-corrected chi connectivity index (χ4v) is 3.64. The molecule has 3 nitrogen and oxygen atoms in total. The summed E-state index contributed by atoms with van der Waals surface area (Å²) in [6.07, 6.45) is 5.05. The van der Waals surface area contributed by atoms with E-state index < -0.39 is 0 Å². The van der Waals surface area contributed by atoms with Crippen LogP contribution in [0.15, 0.2) is 0 Å². The molecule has 2 saturated carbocycles. The molecule has 1 saturated heterocycles. The predicted octanol–water partition coefficient (Wildman–Crippen LogP) is 1.14. The first-order chi connectivity index (χ1) is 6.85. The van der Waals surface area contributed by atoms with Crippen LogP contribution in [0.3, 0.4) is 0 Å². The molecule has 3 heteroatoms. The van der Waals surface area contributed by atoms with Gasteiger partial charge in [-0.15, -0.1) is 0 Å². The topological polar surface area (TPSA) is 30.5 Å². The van der Waals surface area contributed by atoms with E-state index in [1.54, 1.807) is 0 Å². The second-order valence-corrected chi connectivity index (χ2v) is 4.85. The van der Waals surface area contributed by atoms with Crippen LogP contribution >= 0.6 is 0 Å². The highest BCUT2D eigenvalue weighted by Gasteiger charge is 2.57. The number of rotatable bonds is 1. The summed E-state index contributed by atoms with van der Waals surface area (Å²) < 4.78 is 11.8. The molecule has 0 aromatic heterocycles. The Bertz CT molecular complexity index is 209. The molecule has 3 rings (SSSR count). The van der Waals surface area contributed by atoms with Crippen molar-refractivity contribution in [2.24, 2.45) is 11.8 Å². The minimum Gasteiger partial charge on any atom is -0.347 e. The van der Waals surface area contributed by atoms with Crippen molar-refractivity contribution < 1.29 is 9.47 Å². The van der Waals surface area contributed by atoms with Gasteiger partial charge in [0, 0.05) is 17.9 Å². The third kappa shape index (κ3) is 1.09. The zero-order valence-electron chi connectivity index (χ0n) is 8.79. The van der Waals surface area contributed by atoms with Crippen molar-refractivity contribution in [1.82, 2.24) is 5.32 Å². The number of hydrogen-bond acceptors (Lipinski definition) is 3. The second kappa shape index (κ2) is 3.19. The molecule has 1 spiro atoms. The van der Waals surface area contributed by atoms with Crippen LogP contribution in [0.5, 0.6) is 0 Å². The van der Waals surface area contributed by atoms with Gasteiger partial charge in [-0.05, 0) is 32.7 Å². The Hall–Kier alpha value is -0.120. The van der Waals surface area contributed by atoms with Crippen molar-refractivity contribution in [1.29, 1.82) is 0 Å². The van der Waals surface area contributed by atoms with E-state index in [9.17, 15) is 0 Å². The van der Waals surface area contributed by atoms with Gasteiger partial charge in [-0.1, -0.05) is 0 Å². The van der Waals surface area contributed by atoms with E-state index in [-0.39, 0.29) is 5.79 Å². The maximum absolute atomic E-state index is 5.91. The summed E-state index contributed by atoms with van der Waals surface area (Å²) in [5.74, 6) is 1.12. The van der Waals surface area contributed by atoms with Gasteiger partial charge in [0.2, 0.25) is 0 Å². The smallest absolute Gasteiger partial charge is 0.174 e. The van der Waals surface area contributed by atoms with E-state index in [2.05, 4.69) is 12.4 Å². The Morgan fingerprint density at radius 3 is 2.14 bits per heavy atom. The quantitative estimate of drug-likeness (QED) is 0.683. The van der Waals surface area contributed by atoms with Crippen LogP contribution in [0.2, 0.25) is 0 Å². The molecule has 3 aliphatic rings. The highest BCUT2D eigenvalue weighted by atomic mass is 16.7. The minimum absolute atomic E-state index is 0.159. The molecule has 1 heterocycles. The summed E-state index contributed by atoms with van der Waals surface area (Å²) in [7, 11) is 2.07. The molecule has 0 amide bonds. The van der Waals surface area contributed by atoms with Crippen molar-refractivity contribution in [2.75, 3.05) is 20.3 Å². The number of hydrogen-bond donors (Lipinski definition) is 1. The van der Waals surface area contributed by atoms with Crippen molar-refractivity contribution >= 4 is 0 Å². The molecule has 0 aromatic rings. The number of nitrogens with one attached hydrogen (secondary N) is 1. The third-order valence-electron chi connectivity index (χ3n) is 4.29. The van der Waals surface area contributed by atoms with E-state index in [4.69, 9.17) is 9.47 Å². The van der Waals surface area contributed by atoms with Crippen LogP contribution in [0.1, 0.15) is 25.7 Å². The highest BCUT2D eigenvalue weighted by Crippen LogP contribution is 2.53. The lowest BCUT2D eigenvalue weighted by molar-refractivity contribution is -0.225. The van der Waals surface area contributed by atoms with E-state index in [0.717, 1.165) is 13.2 Å². The van der Waals surface area contributed by atoms with E-state index in [1.807, 2.05) is 0 Å². The van der Waals surface area contributed by atoms with Gasteiger partial charge in [-0.3, -0.25) is 0 Å². The molecule has 3 fully saturated rings. The van der Waals surface area contributed by atoms with Gasteiger partial charge < -0.3 is 14.8 Å². The summed E-state index contributed by atoms with van der Waals surface area (Å²) in [4.78, 5) is 0. The first-order valence-corrected chi connectivity index (χ1v) is 5.80. The van der Waals surface area contributed by atoms with Crippen molar-refractivity contribution in [3.05, 3.63) is 0 Å². The maximum atomic E-state index is 5.91. The molecule has 0 aromatic carbocycles. The Labute approximate surface area is 85.1 Å². The normalized spacial score (nSPS) is 44.8. The standard InChI is InChI=1S/C11H19NO2/c1-12-10-6-8-2-3-9(7-10)11(8)13-4-5-14-11/h8-10,12H,2-7H2,1H3. The molecular formula is C11H19NO2. The van der Waals surface area contributed by atoms with Crippen molar-refractivity contribution in [3.8, 4) is 0 Å². The van der Waals surface area contributed by atoms with Crippen LogP contribution in [0, 0.1) is 11.8 Å². The zero-order valence-corrected chi connectivity index (χ0v) is 8.79. The van der Waals surface area contributed by atoms with Gasteiger partial charge >= 0.3 is 0 Å². The lowest BCUT2D eigenvalue weighted by Crippen LogP contribution is -2.50. The number of ether oxygens (including phenoxy) is 2. The van der Waals surface area contributed by atoms with Gasteiger partial charge in [0.05, 0.1) is 13.2 Å². The average molecular weight is 197 g/mol. The van der Waals surface area contributed by atoms with Gasteiger partial charge in [0.15, 0.2) is 5.79 Å². The fraction of sp³-hybridized carbons (Fsp3) is 1.00. The maximum Gasteiger partial charge on any atom is 0.174 e. The molecule has 80 valence electrons. The average Bonchev–Trinajstić information content (AvgIpc) is 2.73. The molecule has 14 heavy (non-hydrogen) atoms. The van der Waals surface area contributed by atoms with E-state index in [1.165, 1.54) is 25.7 Å². The molecule has 2 bridgehead atoms. The molecular weight excluding hydrogens is 178 g/mol. The highest BCUT2D eigenvalue weighted by molar-refractivity contribution is 5.02. The molecule has 1 N–H and O–H groups in total. The Morgan fingerprint density at radius 2 is 1.64 bits per heavy atom. The minimum atomic E-state index is -0.159. The van der Waals surface area contributed by atoms with Crippen LogP contribution in [-0.4, -0.2) is 32.1 Å². The summed E-state index contributed by atoms with van der Waals surface area (Å²) in [6.45, 7) is 1.61. The Balaban J connectivity index is 1.83.